The minimum Gasteiger partial charge on any atom is -0.314 e. The van der Waals surface area contributed by atoms with E-state index < -0.39 is 0 Å². The van der Waals surface area contributed by atoms with Gasteiger partial charge in [-0.25, -0.2) is 4.98 Å². The first-order chi connectivity index (χ1) is 9.83. The fourth-order valence-corrected chi connectivity index (χ4v) is 2.66. The van der Waals surface area contributed by atoms with E-state index in [1.54, 1.807) is 0 Å². The van der Waals surface area contributed by atoms with Gasteiger partial charge in [-0.05, 0) is 18.6 Å². The van der Waals surface area contributed by atoms with Crippen LogP contribution in [0.15, 0.2) is 24.5 Å². The summed E-state index contributed by atoms with van der Waals surface area (Å²) in [4.78, 5) is 6.93. The molecule has 1 aliphatic heterocycles. The van der Waals surface area contributed by atoms with Gasteiger partial charge >= 0.3 is 0 Å². The summed E-state index contributed by atoms with van der Waals surface area (Å²) in [5, 5.41) is 6.90. The number of piperazine rings is 1. The third-order valence-corrected chi connectivity index (χ3v) is 3.85. The van der Waals surface area contributed by atoms with Crippen molar-refractivity contribution < 1.29 is 0 Å². The Morgan fingerprint density at radius 1 is 1.30 bits per heavy atom. The molecule has 3 rings (SSSR count). The second kappa shape index (κ2) is 6.35. The highest BCUT2D eigenvalue weighted by Crippen LogP contribution is 2.08. The summed E-state index contributed by atoms with van der Waals surface area (Å²) in [6, 6.07) is 4.17. The Kier molecular flexibility index (Phi) is 4.30. The van der Waals surface area contributed by atoms with Gasteiger partial charge in [-0.2, -0.15) is 0 Å². The molecule has 108 valence electrons. The molecule has 0 aliphatic carbocycles. The maximum absolute atomic E-state index is 4.43. The number of nitrogens with one attached hydrogen (secondary N) is 2. The maximum atomic E-state index is 4.43. The van der Waals surface area contributed by atoms with Crippen molar-refractivity contribution in [3.8, 4) is 0 Å². The molecule has 2 aromatic heterocycles. The summed E-state index contributed by atoms with van der Waals surface area (Å²) in [6.07, 6.45) is 4.11. The molecule has 0 atom stereocenters. The third kappa shape index (κ3) is 3.17. The van der Waals surface area contributed by atoms with Crippen molar-refractivity contribution in [3.63, 3.8) is 0 Å². The lowest BCUT2D eigenvalue weighted by Crippen LogP contribution is -2.45. The number of nitrogens with zero attached hydrogens (tertiary/aromatic N) is 3. The van der Waals surface area contributed by atoms with Gasteiger partial charge in [0.2, 0.25) is 0 Å². The van der Waals surface area contributed by atoms with Gasteiger partial charge in [0.15, 0.2) is 0 Å². The van der Waals surface area contributed by atoms with Crippen LogP contribution in [0, 0.1) is 6.92 Å². The van der Waals surface area contributed by atoms with Crippen LogP contribution in [-0.4, -0.2) is 53.6 Å². The predicted octanol–water partition coefficient (Wildman–Crippen LogP) is 0.638. The molecule has 0 saturated carbocycles. The van der Waals surface area contributed by atoms with E-state index in [-0.39, 0.29) is 0 Å². The van der Waals surface area contributed by atoms with Crippen LogP contribution in [0.25, 0.3) is 5.65 Å². The number of hydrogen-bond acceptors (Lipinski definition) is 4. The molecule has 0 amide bonds. The minimum absolute atomic E-state index is 0.872. The van der Waals surface area contributed by atoms with Crippen molar-refractivity contribution in [3.05, 3.63) is 35.8 Å². The van der Waals surface area contributed by atoms with E-state index in [1.807, 2.05) is 6.20 Å². The summed E-state index contributed by atoms with van der Waals surface area (Å²) in [5.74, 6) is 0. The third-order valence-electron chi connectivity index (χ3n) is 3.85. The Morgan fingerprint density at radius 3 is 3.00 bits per heavy atom. The van der Waals surface area contributed by atoms with Gasteiger partial charge in [-0.1, -0.05) is 6.07 Å². The molecule has 1 saturated heterocycles. The molecule has 0 spiro atoms. The molecule has 2 aromatic rings. The van der Waals surface area contributed by atoms with Gasteiger partial charge in [-0.15, -0.1) is 0 Å². The molecule has 20 heavy (non-hydrogen) atoms. The number of aryl methyl sites for hydroxylation is 1. The summed E-state index contributed by atoms with van der Waals surface area (Å²) < 4.78 is 2.17. The average molecular weight is 273 g/mol. The van der Waals surface area contributed by atoms with Gasteiger partial charge in [0.05, 0.1) is 11.9 Å². The topological polar surface area (TPSA) is 44.6 Å². The smallest absolute Gasteiger partial charge is 0.136 e. The van der Waals surface area contributed by atoms with E-state index in [0.29, 0.717) is 0 Å². The predicted molar refractivity (Wildman–Crippen MR) is 80.9 cm³/mol. The van der Waals surface area contributed by atoms with Crippen LogP contribution in [-0.2, 0) is 6.54 Å². The van der Waals surface area contributed by atoms with Crippen LogP contribution in [0.5, 0.6) is 0 Å². The van der Waals surface area contributed by atoms with E-state index in [4.69, 9.17) is 0 Å². The zero-order valence-electron chi connectivity index (χ0n) is 12.1. The highest BCUT2D eigenvalue weighted by Gasteiger charge is 2.08. The van der Waals surface area contributed by atoms with Crippen LogP contribution >= 0.6 is 0 Å². The number of hydrogen-bond donors (Lipinski definition) is 2. The second-order valence-electron chi connectivity index (χ2n) is 5.45. The Morgan fingerprint density at radius 2 is 2.15 bits per heavy atom. The highest BCUT2D eigenvalue weighted by atomic mass is 15.2. The van der Waals surface area contributed by atoms with Crippen molar-refractivity contribution in [1.29, 1.82) is 0 Å². The summed E-state index contributed by atoms with van der Waals surface area (Å²) in [7, 11) is 0. The number of fused-ring (bicyclic) bond motifs is 1. The molecule has 2 N–H and O–H groups in total. The van der Waals surface area contributed by atoms with Crippen molar-refractivity contribution in [2.45, 2.75) is 13.5 Å². The first-order valence-corrected chi connectivity index (χ1v) is 7.39. The van der Waals surface area contributed by atoms with Crippen LogP contribution in [0.1, 0.15) is 11.3 Å². The second-order valence-corrected chi connectivity index (χ2v) is 5.45. The Balaban J connectivity index is 1.50. The maximum Gasteiger partial charge on any atom is 0.136 e. The van der Waals surface area contributed by atoms with Crippen LogP contribution < -0.4 is 10.6 Å². The Hall–Kier alpha value is -1.43. The summed E-state index contributed by atoms with van der Waals surface area (Å²) >= 11 is 0. The Labute approximate surface area is 120 Å². The van der Waals surface area contributed by atoms with E-state index in [2.05, 4.69) is 50.2 Å². The van der Waals surface area contributed by atoms with E-state index in [1.165, 1.54) is 11.3 Å². The van der Waals surface area contributed by atoms with Crippen LogP contribution in [0.2, 0.25) is 0 Å². The summed E-state index contributed by atoms with van der Waals surface area (Å²) in [5.41, 5.74) is 3.51. The fourth-order valence-electron chi connectivity index (χ4n) is 2.66. The van der Waals surface area contributed by atoms with Crippen molar-refractivity contribution in [2.24, 2.45) is 0 Å². The van der Waals surface area contributed by atoms with E-state index in [0.717, 1.165) is 51.5 Å². The minimum atomic E-state index is 0.872. The number of pyridine rings is 1. The van der Waals surface area contributed by atoms with E-state index in [9.17, 15) is 0 Å². The van der Waals surface area contributed by atoms with Crippen molar-refractivity contribution >= 4 is 5.65 Å². The quantitative estimate of drug-likeness (QED) is 0.785. The lowest BCUT2D eigenvalue weighted by molar-refractivity contribution is 0.241. The molecule has 0 bridgehead atoms. The molecule has 1 aliphatic rings. The molecule has 5 nitrogen and oxygen atoms in total. The molecular weight excluding hydrogens is 250 g/mol. The lowest BCUT2D eigenvalue weighted by atomic mass is 10.3. The molecule has 0 radical (unpaired) electrons. The number of rotatable bonds is 5. The number of aromatic nitrogens is 2. The normalized spacial score (nSPS) is 16.9. The SMILES string of the molecule is Cc1ccc2ncc(CNCCN3CCNCC3)n2c1. The van der Waals surface area contributed by atoms with Gasteiger partial charge in [0, 0.05) is 52.0 Å². The van der Waals surface area contributed by atoms with Gasteiger partial charge in [-0.3, -0.25) is 4.90 Å². The first-order valence-electron chi connectivity index (χ1n) is 7.39. The molecule has 0 aromatic carbocycles. The lowest BCUT2D eigenvalue weighted by Gasteiger charge is -2.27. The van der Waals surface area contributed by atoms with Crippen molar-refractivity contribution in [1.82, 2.24) is 24.9 Å². The highest BCUT2D eigenvalue weighted by molar-refractivity contribution is 5.41. The molecule has 1 fully saturated rings. The standard InChI is InChI=1S/C15H23N5/c1-13-2-3-15-18-11-14(20(15)12-13)10-17-6-9-19-7-4-16-5-8-19/h2-3,11-12,16-17H,4-10H2,1H3. The Bertz CT molecular complexity index is 556. The molecule has 0 unspecified atom stereocenters. The first kappa shape index (κ1) is 13.5. The van der Waals surface area contributed by atoms with Gasteiger partial charge < -0.3 is 15.0 Å². The molecule has 3 heterocycles. The van der Waals surface area contributed by atoms with Crippen LogP contribution in [0.4, 0.5) is 0 Å². The largest absolute Gasteiger partial charge is 0.314 e. The van der Waals surface area contributed by atoms with Crippen LogP contribution in [0.3, 0.4) is 0 Å². The monoisotopic (exact) mass is 273 g/mol. The van der Waals surface area contributed by atoms with Crippen molar-refractivity contribution in [2.75, 3.05) is 39.3 Å². The summed E-state index contributed by atoms with van der Waals surface area (Å²) in [6.45, 7) is 9.69. The van der Waals surface area contributed by atoms with Gasteiger partial charge in [0.1, 0.15) is 5.65 Å². The molecule has 5 heteroatoms. The zero-order valence-corrected chi connectivity index (χ0v) is 12.1. The van der Waals surface area contributed by atoms with E-state index >= 15 is 0 Å². The zero-order chi connectivity index (χ0) is 13.8. The fraction of sp³-hybridized carbons (Fsp3) is 0.533. The number of imidazole rings is 1. The van der Waals surface area contributed by atoms with Gasteiger partial charge in [0.25, 0.3) is 0 Å². The average Bonchev–Trinajstić information content (AvgIpc) is 2.87. The molecular formula is C15H23N5.